The van der Waals surface area contributed by atoms with Crippen LogP contribution in [0.1, 0.15) is 23.0 Å². The first-order chi connectivity index (χ1) is 15.5. The number of thioether (sulfide) groups is 1. The molecule has 0 aliphatic carbocycles. The molecule has 1 aromatic heterocycles. The molecule has 1 saturated heterocycles. The van der Waals surface area contributed by atoms with Gasteiger partial charge in [-0.3, -0.25) is 14.5 Å². The summed E-state index contributed by atoms with van der Waals surface area (Å²) < 4.78 is 11.1. The van der Waals surface area contributed by atoms with Crippen molar-refractivity contribution < 1.29 is 18.7 Å². The maximum atomic E-state index is 13.0. The molecule has 0 saturated carbocycles. The van der Waals surface area contributed by atoms with E-state index in [-0.39, 0.29) is 11.7 Å². The zero-order valence-electron chi connectivity index (χ0n) is 17.8. The molecule has 0 N–H and O–H groups in total. The lowest BCUT2D eigenvalue weighted by Crippen LogP contribution is -2.32. The number of amidine groups is 1. The van der Waals surface area contributed by atoms with E-state index in [0.29, 0.717) is 40.3 Å². The monoisotopic (exact) mass is 446 g/mol. The van der Waals surface area contributed by atoms with E-state index in [1.165, 1.54) is 18.7 Å². The van der Waals surface area contributed by atoms with E-state index >= 15 is 0 Å². The van der Waals surface area contributed by atoms with Gasteiger partial charge in [0.2, 0.25) is 0 Å². The third-order valence-corrected chi connectivity index (χ3v) is 5.87. The molecule has 3 aromatic rings. The Morgan fingerprint density at radius 2 is 1.84 bits per heavy atom. The van der Waals surface area contributed by atoms with Crippen molar-refractivity contribution in [2.75, 3.05) is 20.3 Å². The van der Waals surface area contributed by atoms with Crippen molar-refractivity contribution in [2.24, 2.45) is 4.99 Å². The topological polar surface area (TPSA) is 72.1 Å². The predicted octanol–water partition coefficient (Wildman–Crippen LogP) is 5.40. The highest BCUT2D eigenvalue weighted by atomic mass is 32.2. The number of hydrogen-bond donors (Lipinski definition) is 0. The molecule has 1 fully saturated rings. The van der Waals surface area contributed by atoms with Gasteiger partial charge in [-0.1, -0.05) is 42.5 Å². The Balaban J connectivity index is 1.59. The highest BCUT2D eigenvalue weighted by Crippen LogP contribution is 2.35. The van der Waals surface area contributed by atoms with Crippen molar-refractivity contribution in [1.29, 1.82) is 0 Å². The summed E-state index contributed by atoms with van der Waals surface area (Å²) in [6, 6.07) is 20.4. The van der Waals surface area contributed by atoms with Gasteiger partial charge in [0.25, 0.3) is 5.91 Å². The van der Waals surface area contributed by atoms with Crippen LogP contribution in [0.15, 0.2) is 81.0 Å². The van der Waals surface area contributed by atoms with E-state index in [1.54, 1.807) is 30.2 Å². The fraction of sp³-hybridized carbons (Fsp3) is 0.160. The number of ketones is 1. The number of hydrogen-bond acceptors (Lipinski definition) is 6. The first kappa shape index (κ1) is 21.8. The number of nitrogens with zero attached hydrogens (tertiary/aromatic N) is 2. The second kappa shape index (κ2) is 9.80. The predicted molar refractivity (Wildman–Crippen MR) is 127 cm³/mol. The number of carbonyl (C=O) groups is 2. The molecule has 4 rings (SSSR count). The van der Waals surface area contributed by atoms with Crippen LogP contribution in [-0.4, -0.2) is 42.0 Å². The van der Waals surface area contributed by atoms with Gasteiger partial charge in [0.05, 0.1) is 23.7 Å². The largest absolute Gasteiger partial charge is 0.457 e. The molecule has 162 valence electrons. The number of benzene rings is 2. The molecular weight excluding hydrogens is 424 g/mol. The molecular formula is C25H22N2O4S. The van der Waals surface area contributed by atoms with Crippen molar-refractivity contribution in [3.8, 4) is 11.3 Å². The number of aliphatic imine (C=N–C) groups is 1. The Bertz CT molecular complexity index is 1180. The summed E-state index contributed by atoms with van der Waals surface area (Å²) in [6.45, 7) is 2.36. The fourth-order valence-electron chi connectivity index (χ4n) is 3.17. The van der Waals surface area contributed by atoms with Crippen LogP contribution in [0, 0.1) is 0 Å². The number of carbonyl (C=O) groups excluding carboxylic acids is 2. The number of para-hydroxylation sites is 1. The maximum absolute atomic E-state index is 13.0. The van der Waals surface area contributed by atoms with Crippen molar-refractivity contribution in [2.45, 2.75) is 6.92 Å². The van der Waals surface area contributed by atoms with Gasteiger partial charge in [0, 0.05) is 24.3 Å². The molecule has 0 unspecified atom stereocenters. The third-order valence-electron chi connectivity index (χ3n) is 4.86. The van der Waals surface area contributed by atoms with E-state index in [9.17, 15) is 9.59 Å². The molecule has 1 aliphatic heterocycles. The van der Waals surface area contributed by atoms with Gasteiger partial charge >= 0.3 is 0 Å². The average Bonchev–Trinajstić information content (AvgIpc) is 3.38. The number of furan rings is 1. The van der Waals surface area contributed by atoms with E-state index in [4.69, 9.17) is 9.15 Å². The SMILES string of the molecule is COCCN1C(=O)/C(=C\c2ccc(-c3ccc(C(C)=O)cc3)o2)SC1=Nc1ccccc1. The standard InChI is InChI=1S/C25H22N2O4S/c1-17(28)18-8-10-19(11-9-18)22-13-12-21(31-22)16-23-24(29)27(14-15-30-2)25(32-23)26-20-6-4-3-5-7-20/h3-13,16H,14-15H2,1-2H3/b23-16+,26-25?. The maximum Gasteiger partial charge on any atom is 0.266 e. The molecule has 2 aromatic carbocycles. The lowest BCUT2D eigenvalue weighted by Gasteiger charge is -2.14. The van der Waals surface area contributed by atoms with Crippen LogP contribution in [0.3, 0.4) is 0 Å². The Hall–Kier alpha value is -3.42. The minimum atomic E-state index is -0.134. The Labute approximate surface area is 190 Å². The Morgan fingerprint density at radius 1 is 1.09 bits per heavy atom. The van der Waals surface area contributed by atoms with Crippen LogP contribution in [0.2, 0.25) is 0 Å². The first-order valence-electron chi connectivity index (χ1n) is 10.1. The van der Waals surface area contributed by atoms with E-state index in [0.717, 1.165) is 11.3 Å². The molecule has 0 spiro atoms. The van der Waals surface area contributed by atoms with Crippen molar-refractivity contribution in [3.05, 3.63) is 83.0 Å². The van der Waals surface area contributed by atoms with Gasteiger partial charge in [-0.2, -0.15) is 0 Å². The Morgan fingerprint density at radius 3 is 2.53 bits per heavy atom. The van der Waals surface area contributed by atoms with Crippen LogP contribution < -0.4 is 0 Å². The smallest absolute Gasteiger partial charge is 0.266 e. The summed E-state index contributed by atoms with van der Waals surface area (Å²) in [5, 5.41) is 0.608. The van der Waals surface area contributed by atoms with Gasteiger partial charge in [-0.05, 0) is 43.0 Å². The second-order valence-electron chi connectivity index (χ2n) is 7.13. The van der Waals surface area contributed by atoms with Gasteiger partial charge in [0.15, 0.2) is 11.0 Å². The molecule has 6 nitrogen and oxygen atoms in total. The van der Waals surface area contributed by atoms with Crippen LogP contribution >= 0.6 is 11.8 Å². The van der Waals surface area contributed by atoms with E-state index in [2.05, 4.69) is 4.99 Å². The summed E-state index contributed by atoms with van der Waals surface area (Å²) in [5.41, 5.74) is 2.29. The average molecular weight is 447 g/mol. The molecule has 0 radical (unpaired) electrons. The summed E-state index contributed by atoms with van der Waals surface area (Å²) in [6.07, 6.45) is 1.73. The van der Waals surface area contributed by atoms with E-state index in [1.807, 2.05) is 54.6 Å². The van der Waals surface area contributed by atoms with Crippen LogP contribution in [0.5, 0.6) is 0 Å². The highest BCUT2D eigenvalue weighted by Gasteiger charge is 2.33. The minimum absolute atomic E-state index is 0.0178. The normalized spacial score (nSPS) is 16.3. The molecule has 32 heavy (non-hydrogen) atoms. The molecule has 0 bridgehead atoms. The first-order valence-corrected chi connectivity index (χ1v) is 10.9. The van der Waals surface area contributed by atoms with Crippen molar-refractivity contribution in [1.82, 2.24) is 4.90 Å². The molecule has 2 heterocycles. The van der Waals surface area contributed by atoms with Crippen LogP contribution in [-0.2, 0) is 9.53 Å². The van der Waals surface area contributed by atoms with Crippen LogP contribution in [0.4, 0.5) is 5.69 Å². The molecule has 1 amide bonds. The zero-order valence-corrected chi connectivity index (χ0v) is 18.6. The lowest BCUT2D eigenvalue weighted by molar-refractivity contribution is -0.122. The van der Waals surface area contributed by atoms with Crippen LogP contribution in [0.25, 0.3) is 17.4 Å². The quantitative estimate of drug-likeness (QED) is 0.359. The fourth-order valence-corrected chi connectivity index (χ4v) is 4.17. The third kappa shape index (κ3) is 4.90. The van der Waals surface area contributed by atoms with E-state index < -0.39 is 0 Å². The minimum Gasteiger partial charge on any atom is -0.457 e. The summed E-state index contributed by atoms with van der Waals surface area (Å²) in [7, 11) is 1.60. The van der Waals surface area contributed by atoms with Gasteiger partial charge in [0.1, 0.15) is 11.5 Å². The van der Waals surface area contributed by atoms with Gasteiger partial charge in [-0.25, -0.2) is 4.99 Å². The summed E-state index contributed by atoms with van der Waals surface area (Å²) in [4.78, 5) is 31.3. The van der Waals surface area contributed by atoms with Gasteiger partial charge < -0.3 is 9.15 Å². The number of rotatable bonds is 7. The highest BCUT2D eigenvalue weighted by molar-refractivity contribution is 8.18. The summed E-state index contributed by atoms with van der Waals surface area (Å²) in [5.74, 6) is 1.12. The molecule has 1 aliphatic rings. The van der Waals surface area contributed by atoms with Crippen molar-refractivity contribution >= 4 is 40.4 Å². The number of ether oxygens (including phenoxy) is 1. The van der Waals surface area contributed by atoms with Gasteiger partial charge in [-0.15, -0.1) is 0 Å². The lowest BCUT2D eigenvalue weighted by atomic mass is 10.1. The summed E-state index contributed by atoms with van der Waals surface area (Å²) >= 11 is 1.31. The second-order valence-corrected chi connectivity index (χ2v) is 8.13. The number of amides is 1. The zero-order chi connectivity index (χ0) is 22.5. The number of methoxy groups -OCH3 is 1. The van der Waals surface area contributed by atoms with Crippen molar-refractivity contribution in [3.63, 3.8) is 0 Å². The molecule has 0 atom stereocenters. The number of Topliss-reactive ketones (excluding diaryl/α,β-unsaturated/α-hetero) is 1. The Kier molecular flexibility index (Phi) is 6.68. The molecule has 7 heteroatoms.